The molecule has 2 amide bonds. The number of amides is 2. The van der Waals surface area contributed by atoms with E-state index in [-0.39, 0.29) is 17.9 Å². The minimum Gasteiger partial charge on any atom is -0.328 e. The highest BCUT2D eigenvalue weighted by Crippen LogP contribution is 2.26. The Bertz CT molecular complexity index is 629. The number of nitrogens with zero attached hydrogens (tertiary/aromatic N) is 4. The summed E-state index contributed by atoms with van der Waals surface area (Å²) in [4.78, 5) is 28.6. The molecule has 0 radical (unpaired) electrons. The van der Waals surface area contributed by atoms with Gasteiger partial charge in [-0.15, -0.1) is 0 Å². The third-order valence-electron chi connectivity index (χ3n) is 4.48. The molecule has 1 aromatic rings. The maximum absolute atomic E-state index is 12.9. The SMILES string of the molecule is CN1CCN(C(=O)C2=NN(C)C(=O)CC2)[C@H](c2ccccc2)C1. The van der Waals surface area contributed by atoms with E-state index in [4.69, 9.17) is 0 Å². The van der Waals surface area contributed by atoms with Crippen LogP contribution in [0.3, 0.4) is 0 Å². The molecule has 0 unspecified atom stereocenters. The summed E-state index contributed by atoms with van der Waals surface area (Å²) in [5.74, 6) is -0.0918. The van der Waals surface area contributed by atoms with Crippen LogP contribution in [0.15, 0.2) is 35.4 Å². The van der Waals surface area contributed by atoms with E-state index in [0.29, 0.717) is 25.1 Å². The predicted molar refractivity (Wildman–Crippen MR) is 87.8 cm³/mol. The highest BCUT2D eigenvalue weighted by Gasteiger charge is 2.34. The van der Waals surface area contributed by atoms with Crippen molar-refractivity contribution in [3.05, 3.63) is 35.9 Å². The van der Waals surface area contributed by atoms with Gasteiger partial charge < -0.3 is 9.80 Å². The minimum absolute atomic E-state index is 0.0214. The second kappa shape index (κ2) is 6.50. The predicted octanol–water partition coefficient (Wildman–Crippen LogP) is 1.11. The summed E-state index contributed by atoms with van der Waals surface area (Å²) in [6.07, 6.45) is 0.778. The van der Waals surface area contributed by atoms with Gasteiger partial charge in [0.15, 0.2) is 0 Å². The van der Waals surface area contributed by atoms with Crippen LogP contribution in [0.4, 0.5) is 0 Å². The van der Waals surface area contributed by atoms with Crippen molar-refractivity contribution in [3.8, 4) is 0 Å². The number of hydrogen-bond acceptors (Lipinski definition) is 4. The van der Waals surface area contributed by atoms with E-state index in [2.05, 4.69) is 29.2 Å². The quantitative estimate of drug-likeness (QED) is 0.822. The largest absolute Gasteiger partial charge is 0.328 e. The smallest absolute Gasteiger partial charge is 0.270 e. The fraction of sp³-hybridized carbons (Fsp3) is 0.471. The van der Waals surface area contributed by atoms with Crippen LogP contribution in [0.5, 0.6) is 0 Å². The molecule has 6 nitrogen and oxygen atoms in total. The Hall–Kier alpha value is -2.21. The van der Waals surface area contributed by atoms with Crippen LogP contribution in [-0.2, 0) is 9.59 Å². The second-order valence-electron chi connectivity index (χ2n) is 6.15. The molecular formula is C17H22N4O2. The van der Waals surface area contributed by atoms with Crippen LogP contribution in [0.1, 0.15) is 24.4 Å². The van der Waals surface area contributed by atoms with E-state index in [9.17, 15) is 9.59 Å². The van der Waals surface area contributed by atoms with E-state index < -0.39 is 0 Å². The van der Waals surface area contributed by atoms with Gasteiger partial charge in [0.25, 0.3) is 5.91 Å². The molecule has 0 saturated carbocycles. The summed E-state index contributed by atoms with van der Waals surface area (Å²) >= 11 is 0. The van der Waals surface area contributed by atoms with Crippen molar-refractivity contribution < 1.29 is 9.59 Å². The number of carbonyl (C=O) groups is 2. The number of benzene rings is 1. The van der Waals surface area contributed by atoms with Crippen LogP contribution in [0.25, 0.3) is 0 Å². The molecule has 0 spiro atoms. The fourth-order valence-corrected chi connectivity index (χ4v) is 3.11. The van der Waals surface area contributed by atoms with Gasteiger partial charge in [-0.3, -0.25) is 9.59 Å². The standard InChI is InChI=1S/C17H22N4O2/c1-19-10-11-21(15(12-19)13-6-4-3-5-7-13)17(23)14-8-9-16(22)20(2)18-14/h3-7,15H,8-12H2,1-2H3/t15-/m0/s1. The Morgan fingerprint density at radius 2 is 1.87 bits per heavy atom. The zero-order valence-corrected chi connectivity index (χ0v) is 13.6. The van der Waals surface area contributed by atoms with Crippen LogP contribution in [-0.4, -0.2) is 66.1 Å². The Labute approximate surface area is 136 Å². The summed E-state index contributed by atoms with van der Waals surface area (Å²) in [7, 11) is 3.68. The average molecular weight is 314 g/mol. The lowest BCUT2D eigenvalue weighted by molar-refractivity contribution is -0.131. The van der Waals surface area contributed by atoms with Gasteiger partial charge in [-0.25, -0.2) is 5.01 Å². The molecule has 1 aromatic carbocycles. The second-order valence-corrected chi connectivity index (χ2v) is 6.15. The highest BCUT2D eigenvalue weighted by atomic mass is 16.2. The van der Waals surface area contributed by atoms with E-state index in [1.807, 2.05) is 23.1 Å². The highest BCUT2D eigenvalue weighted by molar-refractivity contribution is 6.39. The van der Waals surface area contributed by atoms with Gasteiger partial charge >= 0.3 is 0 Å². The first-order valence-electron chi connectivity index (χ1n) is 7.95. The molecule has 2 heterocycles. The van der Waals surface area contributed by atoms with Crippen molar-refractivity contribution in [3.63, 3.8) is 0 Å². The lowest BCUT2D eigenvalue weighted by atomic mass is 10.0. The third kappa shape index (κ3) is 3.27. The molecule has 0 bridgehead atoms. The van der Waals surface area contributed by atoms with Crippen molar-refractivity contribution in [2.75, 3.05) is 33.7 Å². The maximum atomic E-state index is 12.9. The zero-order chi connectivity index (χ0) is 16.4. The molecule has 1 fully saturated rings. The molecule has 0 aromatic heterocycles. The molecule has 23 heavy (non-hydrogen) atoms. The monoisotopic (exact) mass is 314 g/mol. The summed E-state index contributed by atoms with van der Waals surface area (Å²) in [5, 5.41) is 5.46. The molecule has 6 heteroatoms. The van der Waals surface area contributed by atoms with E-state index >= 15 is 0 Å². The number of likely N-dealkylation sites (N-methyl/N-ethyl adjacent to an activating group) is 1. The first kappa shape index (κ1) is 15.7. The molecule has 3 rings (SSSR count). The Morgan fingerprint density at radius 1 is 1.13 bits per heavy atom. The first-order chi connectivity index (χ1) is 11.1. The van der Waals surface area contributed by atoms with Gasteiger partial charge in [0.1, 0.15) is 5.71 Å². The van der Waals surface area contributed by atoms with Crippen LogP contribution < -0.4 is 0 Å². The molecule has 2 aliphatic rings. The van der Waals surface area contributed by atoms with Crippen LogP contribution >= 0.6 is 0 Å². The van der Waals surface area contributed by atoms with Crippen molar-refractivity contribution >= 4 is 17.5 Å². The topological polar surface area (TPSA) is 56.2 Å². The molecule has 1 saturated heterocycles. The van der Waals surface area contributed by atoms with Gasteiger partial charge in [0.05, 0.1) is 6.04 Å². The van der Waals surface area contributed by atoms with Gasteiger partial charge in [0, 0.05) is 39.5 Å². The Balaban J connectivity index is 1.85. The fourth-order valence-electron chi connectivity index (χ4n) is 3.11. The molecule has 1 atom stereocenters. The normalized spacial score (nSPS) is 23.0. The van der Waals surface area contributed by atoms with Crippen LogP contribution in [0.2, 0.25) is 0 Å². The number of rotatable bonds is 2. The molecule has 0 N–H and O–H groups in total. The Kier molecular flexibility index (Phi) is 4.43. The summed E-state index contributed by atoms with van der Waals surface area (Å²) in [5.41, 5.74) is 1.62. The molecule has 0 aliphatic carbocycles. The van der Waals surface area contributed by atoms with E-state index in [0.717, 1.165) is 18.7 Å². The number of hydrazone groups is 1. The molecule has 2 aliphatic heterocycles. The average Bonchev–Trinajstić information content (AvgIpc) is 2.57. The first-order valence-corrected chi connectivity index (χ1v) is 7.95. The van der Waals surface area contributed by atoms with Gasteiger partial charge in [-0.1, -0.05) is 30.3 Å². The van der Waals surface area contributed by atoms with Crippen molar-refractivity contribution in [1.29, 1.82) is 0 Å². The number of hydrogen-bond donors (Lipinski definition) is 0. The van der Waals surface area contributed by atoms with Crippen LogP contribution in [0, 0.1) is 0 Å². The van der Waals surface area contributed by atoms with Crippen molar-refractivity contribution in [2.24, 2.45) is 5.10 Å². The van der Waals surface area contributed by atoms with Gasteiger partial charge in [0.2, 0.25) is 5.91 Å². The summed E-state index contributed by atoms with van der Waals surface area (Å²) in [6, 6.07) is 10.1. The van der Waals surface area contributed by atoms with E-state index in [1.54, 1.807) is 7.05 Å². The zero-order valence-electron chi connectivity index (χ0n) is 13.6. The molecule has 122 valence electrons. The molecular weight excluding hydrogens is 292 g/mol. The minimum atomic E-state index is -0.0497. The summed E-state index contributed by atoms with van der Waals surface area (Å²) in [6.45, 7) is 2.32. The lowest BCUT2D eigenvalue weighted by Crippen LogP contribution is -2.52. The van der Waals surface area contributed by atoms with Crippen molar-refractivity contribution in [2.45, 2.75) is 18.9 Å². The lowest BCUT2D eigenvalue weighted by Gasteiger charge is -2.40. The van der Waals surface area contributed by atoms with Crippen molar-refractivity contribution in [1.82, 2.24) is 14.8 Å². The number of carbonyl (C=O) groups excluding carboxylic acids is 2. The number of piperazine rings is 1. The summed E-state index contributed by atoms with van der Waals surface area (Å²) < 4.78 is 0. The van der Waals surface area contributed by atoms with E-state index in [1.165, 1.54) is 5.01 Å². The maximum Gasteiger partial charge on any atom is 0.270 e. The van der Waals surface area contributed by atoms with Gasteiger partial charge in [-0.05, 0) is 12.6 Å². The third-order valence-corrected chi connectivity index (χ3v) is 4.48. The Morgan fingerprint density at radius 3 is 2.57 bits per heavy atom. The van der Waals surface area contributed by atoms with Gasteiger partial charge in [-0.2, -0.15) is 5.10 Å².